The van der Waals surface area contributed by atoms with Gasteiger partial charge in [-0.1, -0.05) is 20.8 Å². The summed E-state index contributed by atoms with van der Waals surface area (Å²) in [5.41, 5.74) is 6.75. The SMILES string of the molecule is CC(C)(C)[C@H](N)c1cn[nH]n1.S. The maximum Gasteiger partial charge on any atom is 0.0997 e. The minimum absolute atomic E-state index is 0. The van der Waals surface area contributed by atoms with Crippen LogP contribution in [0.15, 0.2) is 6.20 Å². The maximum atomic E-state index is 5.89. The molecule has 0 fully saturated rings. The number of aromatic amines is 1. The molecule has 0 aliphatic rings. The van der Waals surface area contributed by atoms with Gasteiger partial charge in [0.2, 0.25) is 0 Å². The van der Waals surface area contributed by atoms with Crippen molar-refractivity contribution in [1.82, 2.24) is 15.4 Å². The first-order chi connectivity index (χ1) is 5.02. The summed E-state index contributed by atoms with van der Waals surface area (Å²) in [4.78, 5) is 0. The van der Waals surface area contributed by atoms with Gasteiger partial charge in [-0.2, -0.15) is 28.9 Å². The predicted octanol–water partition coefficient (Wildman–Crippen LogP) is 0.963. The summed E-state index contributed by atoms with van der Waals surface area (Å²) in [6, 6.07) is -0.0544. The Morgan fingerprint density at radius 1 is 1.50 bits per heavy atom. The number of aromatic nitrogens is 3. The van der Waals surface area contributed by atoms with Gasteiger partial charge in [0.15, 0.2) is 0 Å². The minimum atomic E-state index is -0.0544. The van der Waals surface area contributed by atoms with Crippen LogP contribution in [0.5, 0.6) is 0 Å². The third-order valence-corrected chi connectivity index (χ3v) is 1.69. The fourth-order valence-corrected chi connectivity index (χ4v) is 0.804. The molecule has 0 saturated heterocycles. The van der Waals surface area contributed by atoms with E-state index >= 15 is 0 Å². The standard InChI is InChI=1S/C7H14N4.H2S/c1-7(2,3)6(8)5-4-9-11-10-5;/h4,6H,8H2,1-3H3,(H,9,10,11);1H2/t6-;/m1./s1. The molecule has 4 nitrogen and oxygen atoms in total. The van der Waals surface area contributed by atoms with Crippen molar-refractivity contribution >= 4 is 13.5 Å². The molecule has 1 aromatic rings. The molecule has 0 radical (unpaired) electrons. The molecule has 0 saturated carbocycles. The third-order valence-electron chi connectivity index (χ3n) is 1.69. The average Bonchev–Trinajstić information content (AvgIpc) is 2.34. The largest absolute Gasteiger partial charge is 0.322 e. The van der Waals surface area contributed by atoms with Crippen molar-refractivity contribution in [2.24, 2.45) is 11.1 Å². The van der Waals surface area contributed by atoms with E-state index in [0.29, 0.717) is 0 Å². The van der Waals surface area contributed by atoms with Crippen molar-refractivity contribution in [3.8, 4) is 0 Å². The normalized spacial score (nSPS) is 13.7. The maximum absolute atomic E-state index is 5.89. The Kier molecular flexibility index (Phi) is 3.73. The molecular formula is C7H16N4S. The second kappa shape index (κ2) is 3.91. The lowest BCUT2D eigenvalue weighted by Gasteiger charge is -2.24. The highest BCUT2D eigenvalue weighted by Gasteiger charge is 2.23. The molecule has 3 N–H and O–H groups in total. The number of nitrogens with one attached hydrogen (secondary N) is 1. The van der Waals surface area contributed by atoms with Crippen molar-refractivity contribution in [1.29, 1.82) is 0 Å². The van der Waals surface area contributed by atoms with E-state index in [4.69, 9.17) is 5.73 Å². The molecule has 0 aromatic carbocycles. The molecule has 70 valence electrons. The quantitative estimate of drug-likeness (QED) is 0.690. The van der Waals surface area contributed by atoms with Crippen LogP contribution in [0.3, 0.4) is 0 Å². The van der Waals surface area contributed by atoms with Crippen molar-refractivity contribution < 1.29 is 0 Å². The van der Waals surface area contributed by atoms with Crippen LogP contribution < -0.4 is 5.73 Å². The van der Waals surface area contributed by atoms with Crippen LogP contribution in [0.25, 0.3) is 0 Å². The van der Waals surface area contributed by atoms with E-state index in [9.17, 15) is 0 Å². The summed E-state index contributed by atoms with van der Waals surface area (Å²) in [5.74, 6) is 0. The fourth-order valence-electron chi connectivity index (χ4n) is 0.804. The highest BCUT2D eigenvalue weighted by molar-refractivity contribution is 7.59. The predicted molar refractivity (Wildman–Crippen MR) is 53.1 cm³/mol. The fraction of sp³-hybridized carbons (Fsp3) is 0.714. The summed E-state index contributed by atoms with van der Waals surface area (Å²) in [7, 11) is 0. The van der Waals surface area contributed by atoms with Gasteiger partial charge in [-0.15, -0.1) is 0 Å². The Morgan fingerprint density at radius 2 is 2.08 bits per heavy atom. The smallest absolute Gasteiger partial charge is 0.0997 e. The minimum Gasteiger partial charge on any atom is -0.322 e. The molecule has 0 unspecified atom stereocenters. The number of H-pyrrole nitrogens is 1. The first-order valence-corrected chi connectivity index (χ1v) is 3.63. The summed E-state index contributed by atoms with van der Waals surface area (Å²) in [6.45, 7) is 6.23. The number of rotatable bonds is 1. The molecule has 0 spiro atoms. The zero-order valence-electron chi connectivity index (χ0n) is 7.63. The molecule has 1 aromatic heterocycles. The lowest BCUT2D eigenvalue weighted by Crippen LogP contribution is -2.26. The van der Waals surface area contributed by atoms with Gasteiger partial charge in [0.25, 0.3) is 0 Å². The number of hydrogen-bond donors (Lipinski definition) is 2. The molecule has 12 heavy (non-hydrogen) atoms. The van der Waals surface area contributed by atoms with Crippen molar-refractivity contribution in [2.45, 2.75) is 26.8 Å². The van der Waals surface area contributed by atoms with Crippen LogP contribution in [0, 0.1) is 5.41 Å². The van der Waals surface area contributed by atoms with Crippen molar-refractivity contribution in [3.05, 3.63) is 11.9 Å². The lowest BCUT2D eigenvalue weighted by atomic mass is 9.86. The molecule has 0 bridgehead atoms. The Labute approximate surface area is 79.4 Å². The zero-order valence-corrected chi connectivity index (χ0v) is 8.63. The molecule has 0 aliphatic heterocycles. The topological polar surface area (TPSA) is 67.6 Å². The molecule has 1 heterocycles. The van der Waals surface area contributed by atoms with Crippen LogP contribution in [0.1, 0.15) is 32.5 Å². The Balaban J connectivity index is 0.00000121. The average molecular weight is 188 g/mol. The third kappa shape index (κ3) is 2.49. The second-order valence-corrected chi connectivity index (χ2v) is 3.74. The highest BCUT2D eigenvalue weighted by atomic mass is 32.1. The summed E-state index contributed by atoms with van der Waals surface area (Å²) >= 11 is 0. The summed E-state index contributed by atoms with van der Waals surface area (Å²) < 4.78 is 0. The molecular weight excluding hydrogens is 172 g/mol. The van der Waals surface area contributed by atoms with Crippen LogP contribution >= 0.6 is 13.5 Å². The first kappa shape index (κ1) is 11.4. The molecule has 1 atom stereocenters. The molecule has 0 aliphatic carbocycles. The van der Waals surface area contributed by atoms with Crippen LogP contribution in [0.4, 0.5) is 0 Å². The van der Waals surface area contributed by atoms with Gasteiger partial charge in [0, 0.05) is 0 Å². The van der Waals surface area contributed by atoms with Gasteiger partial charge in [0.1, 0.15) is 0 Å². The van der Waals surface area contributed by atoms with Crippen LogP contribution in [0.2, 0.25) is 0 Å². The number of nitrogens with two attached hydrogens (primary N) is 1. The summed E-state index contributed by atoms with van der Waals surface area (Å²) in [5, 5.41) is 10.2. The Bertz CT molecular complexity index is 214. The van der Waals surface area contributed by atoms with Gasteiger partial charge < -0.3 is 5.73 Å². The van der Waals surface area contributed by atoms with Gasteiger partial charge in [-0.05, 0) is 5.41 Å². The second-order valence-electron chi connectivity index (χ2n) is 3.74. The van der Waals surface area contributed by atoms with Gasteiger partial charge in [-0.3, -0.25) is 0 Å². The monoisotopic (exact) mass is 188 g/mol. The summed E-state index contributed by atoms with van der Waals surface area (Å²) in [6.07, 6.45) is 1.66. The molecule has 5 heteroatoms. The van der Waals surface area contributed by atoms with Gasteiger partial charge in [-0.25, -0.2) is 0 Å². The molecule has 0 amide bonds. The lowest BCUT2D eigenvalue weighted by molar-refractivity contribution is 0.321. The van der Waals surface area contributed by atoms with Crippen LogP contribution in [-0.2, 0) is 0 Å². The van der Waals surface area contributed by atoms with Gasteiger partial charge >= 0.3 is 0 Å². The van der Waals surface area contributed by atoms with E-state index in [2.05, 4.69) is 36.2 Å². The number of nitrogens with zero attached hydrogens (tertiary/aromatic N) is 2. The Hall–Kier alpha value is -0.550. The number of hydrogen-bond acceptors (Lipinski definition) is 3. The Morgan fingerprint density at radius 3 is 2.42 bits per heavy atom. The van der Waals surface area contributed by atoms with E-state index in [-0.39, 0.29) is 25.0 Å². The van der Waals surface area contributed by atoms with Crippen molar-refractivity contribution in [3.63, 3.8) is 0 Å². The zero-order chi connectivity index (χ0) is 8.48. The molecule has 1 rings (SSSR count). The van der Waals surface area contributed by atoms with E-state index < -0.39 is 0 Å². The van der Waals surface area contributed by atoms with E-state index in [1.54, 1.807) is 6.20 Å². The van der Waals surface area contributed by atoms with E-state index in [1.165, 1.54) is 0 Å². The highest BCUT2D eigenvalue weighted by Crippen LogP contribution is 2.28. The van der Waals surface area contributed by atoms with Crippen LogP contribution in [-0.4, -0.2) is 15.4 Å². The van der Waals surface area contributed by atoms with E-state index in [0.717, 1.165) is 5.69 Å². The van der Waals surface area contributed by atoms with Gasteiger partial charge in [0.05, 0.1) is 17.9 Å². The van der Waals surface area contributed by atoms with E-state index in [1.807, 2.05) is 0 Å². The first-order valence-electron chi connectivity index (χ1n) is 3.63. The van der Waals surface area contributed by atoms with Crippen molar-refractivity contribution in [2.75, 3.05) is 0 Å².